The van der Waals surface area contributed by atoms with Gasteiger partial charge < -0.3 is 10.1 Å². The molecule has 0 radical (unpaired) electrons. The molecule has 0 aliphatic carbocycles. The molecule has 5 nitrogen and oxygen atoms in total. The number of hydrogen-bond donors (Lipinski definition) is 1. The van der Waals surface area contributed by atoms with Crippen LogP contribution in [0.3, 0.4) is 0 Å². The minimum atomic E-state index is -2.86. The Hall–Kier alpha value is -0.170. The lowest BCUT2D eigenvalue weighted by molar-refractivity contribution is -0.0369. The van der Waals surface area contributed by atoms with Gasteiger partial charge in [-0.1, -0.05) is 6.92 Å². The lowest BCUT2D eigenvalue weighted by Crippen LogP contribution is -2.49. The van der Waals surface area contributed by atoms with Crippen LogP contribution in [-0.2, 0) is 14.6 Å². The Morgan fingerprint density at radius 2 is 2.17 bits per heavy atom. The fraction of sp³-hybridized carbons (Fsp3) is 1.00. The van der Waals surface area contributed by atoms with Crippen LogP contribution in [0.2, 0.25) is 0 Å². The maximum atomic E-state index is 11.3. The number of nitrogens with one attached hydrogen (secondary N) is 1. The molecule has 18 heavy (non-hydrogen) atoms. The van der Waals surface area contributed by atoms with E-state index >= 15 is 0 Å². The van der Waals surface area contributed by atoms with E-state index in [-0.39, 0.29) is 17.6 Å². The first kappa shape index (κ1) is 15.9. The third-order valence-corrected chi connectivity index (χ3v) is 5.01. The molecule has 0 aromatic heterocycles. The van der Waals surface area contributed by atoms with Gasteiger partial charge in [-0.2, -0.15) is 0 Å². The number of rotatable bonds is 7. The average Bonchev–Trinajstić information content (AvgIpc) is 2.35. The van der Waals surface area contributed by atoms with Crippen LogP contribution in [0, 0.1) is 0 Å². The molecule has 0 aromatic carbocycles. The molecule has 1 saturated heterocycles. The van der Waals surface area contributed by atoms with Gasteiger partial charge in [-0.25, -0.2) is 8.42 Å². The predicted octanol–water partition coefficient (Wildman–Crippen LogP) is 0.120. The van der Waals surface area contributed by atoms with E-state index in [0.717, 1.165) is 26.2 Å². The summed E-state index contributed by atoms with van der Waals surface area (Å²) >= 11 is 0. The zero-order valence-electron chi connectivity index (χ0n) is 11.7. The van der Waals surface area contributed by atoms with Crippen molar-refractivity contribution in [3.05, 3.63) is 0 Å². The smallest absolute Gasteiger partial charge is 0.151 e. The van der Waals surface area contributed by atoms with Crippen molar-refractivity contribution in [2.75, 3.05) is 44.3 Å². The summed E-state index contributed by atoms with van der Waals surface area (Å²) in [5, 5.41) is 3.17. The van der Waals surface area contributed by atoms with Crippen molar-refractivity contribution in [3.63, 3.8) is 0 Å². The van der Waals surface area contributed by atoms with Crippen LogP contribution in [0.25, 0.3) is 0 Å². The fourth-order valence-corrected chi connectivity index (χ4v) is 2.71. The van der Waals surface area contributed by atoms with Gasteiger partial charge in [0.05, 0.1) is 18.5 Å². The molecule has 1 aliphatic heterocycles. The molecule has 0 amide bonds. The normalized spacial score (nSPS) is 22.6. The molecule has 1 rings (SSSR count). The van der Waals surface area contributed by atoms with Gasteiger partial charge in [-0.05, 0) is 13.8 Å². The first-order chi connectivity index (χ1) is 8.44. The second-order valence-electron chi connectivity index (χ2n) is 5.02. The molecule has 0 saturated carbocycles. The zero-order valence-corrected chi connectivity index (χ0v) is 12.5. The van der Waals surface area contributed by atoms with Crippen molar-refractivity contribution in [3.8, 4) is 0 Å². The SMILES string of the molecule is CCS(=O)(=O)CCNCC1CN(C(C)C)CCO1. The Balaban J connectivity index is 2.19. The average molecular weight is 278 g/mol. The molecule has 1 heterocycles. The second-order valence-corrected chi connectivity index (χ2v) is 7.49. The highest BCUT2D eigenvalue weighted by molar-refractivity contribution is 7.91. The summed E-state index contributed by atoms with van der Waals surface area (Å²) in [4.78, 5) is 2.39. The van der Waals surface area contributed by atoms with E-state index in [1.54, 1.807) is 6.92 Å². The third-order valence-electron chi connectivity index (χ3n) is 3.30. The van der Waals surface area contributed by atoms with Crippen molar-refractivity contribution in [2.24, 2.45) is 0 Å². The molecule has 108 valence electrons. The Labute approximate surface area is 111 Å². The summed E-state index contributed by atoms with van der Waals surface area (Å²) in [6, 6.07) is 0.539. The van der Waals surface area contributed by atoms with E-state index in [0.29, 0.717) is 12.6 Å². The van der Waals surface area contributed by atoms with Crippen LogP contribution in [-0.4, -0.2) is 69.8 Å². The van der Waals surface area contributed by atoms with Crippen molar-refractivity contribution >= 4 is 9.84 Å². The van der Waals surface area contributed by atoms with Crippen molar-refractivity contribution in [2.45, 2.75) is 32.9 Å². The highest BCUT2D eigenvalue weighted by Gasteiger charge is 2.21. The Kier molecular flexibility index (Phi) is 6.55. The largest absolute Gasteiger partial charge is 0.374 e. The van der Waals surface area contributed by atoms with Gasteiger partial charge >= 0.3 is 0 Å². The van der Waals surface area contributed by atoms with Gasteiger partial charge in [0.15, 0.2) is 9.84 Å². The Morgan fingerprint density at radius 3 is 2.78 bits per heavy atom. The van der Waals surface area contributed by atoms with Gasteiger partial charge in [0.2, 0.25) is 0 Å². The van der Waals surface area contributed by atoms with Crippen LogP contribution in [0.4, 0.5) is 0 Å². The molecule has 1 aliphatic rings. The molecule has 0 bridgehead atoms. The number of nitrogens with zero attached hydrogens (tertiary/aromatic N) is 1. The van der Waals surface area contributed by atoms with E-state index in [1.807, 2.05) is 0 Å². The number of sulfone groups is 1. The van der Waals surface area contributed by atoms with Gasteiger partial charge in [-0.15, -0.1) is 0 Å². The maximum absolute atomic E-state index is 11.3. The van der Waals surface area contributed by atoms with Crippen LogP contribution in [0.5, 0.6) is 0 Å². The highest BCUT2D eigenvalue weighted by atomic mass is 32.2. The van der Waals surface area contributed by atoms with Gasteiger partial charge in [0, 0.05) is 38.0 Å². The molecule has 1 N–H and O–H groups in total. The molecular weight excluding hydrogens is 252 g/mol. The van der Waals surface area contributed by atoms with Gasteiger partial charge in [0.1, 0.15) is 0 Å². The van der Waals surface area contributed by atoms with E-state index in [4.69, 9.17) is 4.74 Å². The Bertz CT molecular complexity index is 330. The van der Waals surface area contributed by atoms with E-state index < -0.39 is 9.84 Å². The van der Waals surface area contributed by atoms with Crippen LogP contribution < -0.4 is 5.32 Å². The van der Waals surface area contributed by atoms with Crippen LogP contribution in [0.1, 0.15) is 20.8 Å². The van der Waals surface area contributed by atoms with E-state index in [2.05, 4.69) is 24.1 Å². The first-order valence-corrected chi connectivity index (χ1v) is 8.53. The molecule has 1 unspecified atom stereocenters. The minimum Gasteiger partial charge on any atom is -0.374 e. The van der Waals surface area contributed by atoms with Crippen molar-refractivity contribution < 1.29 is 13.2 Å². The van der Waals surface area contributed by atoms with Crippen LogP contribution >= 0.6 is 0 Å². The predicted molar refractivity (Wildman–Crippen MR) is 73.6 cm³/mol. The molecule has 6 heteroatoms. The van der Waals surface area contributed by atoms with Crippen molar-refractivity contribution in [1.82, 2.24) is 10.2 Å². The maximum Gasteiger partial charge on any atom is 0.151 e. The number of ether oxygens (including phenoxy) is 1. The summed E-state index contributed by atoms with van der Waals surface area (Å²) in [5.74, 6) is 0.430. The van der Waals surface area contributed by atoms with Gasteiger partial charge in [-0.3, -0.25) is 4.90 Å². The lowest BCUT2D eigenvalue weighted by Gasteiger charge is -2.35. The monoisotopic (exact) mass is 278 g/mol. The summed E-state index contributed by atoms with van der Waals surface area (Å²) in [6.07, 6.45) is 0.172. The minimum absolute atomic E-state index is 0.172. The summed E-state index contributed by atoms with van der Waals surface area (Å²) in [7, 11) is -2.86. The fourth-order valence-electron chi connectivity index (χ4n) is 1.97. The lowest BCUT2D eigenvalue weighted by atomic mass is 10.2. The molecule has 1 fully saturated rings. The number of morpholine rings is 1. The Morgan fingerprint density at radius 1 is 1.44 bits per heavy atom. The van der Waals surface area contributed by atoms with E-state index in [1.165, 1.54) is 0 Å². The summed E-state index contributed by atoms with van der Waals surface area (Å²) in [6.45, 7) is 9.95. The molecule has 0 aromatic rings. The third kappa shape index (κ3) is 5.65. The van der Waals surface area contributed by atoms with Gasteiger partial charge in [0.25, 0.3) is 0 Å². The quantitative estimate of drug-likeness (QED) is 0.670. The topological polar surface area (TPSA) is 58.6 Å². The standard InChI is InChI=1S/C12H26N2O3S/c1-4-18(15,16)8-5-13-9-12-10-14(11(2)3)6-7-17-12/h11-13H,4-10H2,1-3H3. The first-order valence-electron chi connectivity index (χ1n) is 6.71. The molecular formula is C12H26N2O3S. The number of hydrogen-bond acceptors (Lipinski definition) is 5. The zero-order chi connectivity index (χ0) is 13.6. The molecule has 0 spiro atoms. The van der Waals surface area contributed by atoms with E-state index in [9.17, 15) is 8.42 Å². The second kappa shape index (κ2) is 7.43. The van der Waals surface area contributed by atoms with Crippen LogP contribution in [0.15, 0.2) is 0 Å². The highest BCUT2D eigenvalue weighted by Crippen LogP contribution is 2.07. The molecule has 1 atom stereocenters. The summed E-state index contributed by atoms with van der Waals surface area (Å²) in [5.41, 5.74) is 0. The summed E-state index contributed by atoms with van der Waals surface area (Å²) < 4.78 is 28.3. The van der Waals surface area contributed by atoms with Crippen molar-refractivity contribution in [1.29, 1.82) is 0 Å².